The van der Waals surface area contributed by atoms with Crippen molar-refractivity contribution in [2.75, 3.05) is 33.0 Å². The molecule has 8 nitrogen and oxygen atoms in total. The van der Waals surface area contributed by atoms with Gasteiger partial charge in [0.1, 0.15) is 6.10 Å². The van der Waals surface area contributed by atoms with Crippen molar-refractivity contribution in [1.29, 1.82) is 0 Å². The molecular formula is C47H92NO7P. The molecule has 9 heteroatoms. The summed E-state index contributed by atoms with van der Waals surface area (Å²) in [5.74, 6) is -0.328. The van der Waals surface area contributed by atoms with E-state index in [4.69, 9.17) is 24.3 Å². The van der Waals surface area contributed by atoms with E-state index >= 15 is 0 Å². The van der Waals surface area contributed by atoms with E-state index in [0.717, 1.165) is 38.5 Å². The third-order valence-electron chi connectivity index (χ3n) is 10.4. The average Bonchev–Trinajstić information content (AvgIpc) is 3.19. The van der Waals surface area contributed by atoms with Gasteiger partial charge in [-0.05, 0) is 44.9 Å². The smallest absolute Gasteiger partial charge is 0.457 e. The second-order valence-corrected chi connectivity index (χ2v) is 17.4. The van der Waals surface area contributed by atoms with Crippen molar-refractivity contribution in [3.8, 4) is 0 Å². The molecular weight excluding hydrogens is 721 g/mol. The molecule has 0 saturated heterocycles. The van der Waals surface area contributed by atoms with Gasteiger partial charge in [-0.2, -0.15) is 0 Å². The Morgan fingerprint density at radius 2 is 0.946 bits per heavy atom. The number of unbranched alkanes of at least 4 members (excludes halogenated alkanes) is 29. The number of allylic oxidation sites excluding steroid dienone is 4. The summed E-state index contributed by atoms with van der Waals surface area (Å²) in [4.78, 5) is 22.5. The van der Waals surface area contributed by atoms with E-state index in [0.29, 0.717) is 13.0 Å². The van der Waals surface area contributed by atoms with Crippen molar-refractivity contribution in [3.05, 3.63) is 24.3 Å². The summed E-state index contributed by atoms with van der Waals surface area (Å²) in [6.07, 6.45) is 50.6. The highest BCUT2D eigenvalue weighted by Gasteiger charge is 2.25. The maximum absolute atomic E-state index is 12.6. The second kappa shape index (κ2) is 45.1. The van der Waals surface area contributed by atoms with Crippen LogP contribution in [0.15, 0.2) is 24.3 Å². The second-order valence-electron chi connectivity index (χ2n) is 16.0. The molecule has 0 aromatic heterocycles. The van der Waals surface area contributed by atoms with Crippen LogP contribution in [0.25, 0.3) is 0 Å². The SMILES string of the molecule is CCCCCCC/C=C\C/C=C\CCCCCCCCCCCCCCOCC(COP(=O)(O)OCCN)OC(=O)CCCCCCCCCCCCCCC. The van der Waals surface area contributed by atoms with Crippen LogP contribution in [-0.4, -0.2) is 49.9 Å². The molecule has 332 valence electrons. The fourth-order valence-corrected chi connectivity index (χ4v) is 7.62. The predicted molar refractivity (Wildman–Crippen MR) is 238 cm³/mol. The van der Waals surface area contributed by atoms with Gasteiger partial charge in [-0.3, -0.25) is 13.8 Å². The molecule has 0 aliphatic heterocycles. The van der Waals surface area contributed by atoms with Gasteiger partial charge in [0.05, 0.1) is 19.8 Å². The zero-order valence-electron chi connectivity index (χ0n) is 36.9. The minimum Gasteiger partial charge on any atom is -0.457 e. The lowest BCUT2D eigenvalue weighted by molar-refractivity contribution is -0.154. The first kappa shape index (κ1) is 55.0. The molecule has 0 amide bonds. The molecule has 56 heavy (non-hydrogen) atoms. The van der Waals surface area contributed by atoms with Gasteiger partial charge in [-0.15, -0.1) is 0 Å². The van der Waals surface area contributed by atoms with Crippen LogP contribution in [0.3, 0.4) is 0 Å². The molecule has 0 radical (unpaired) electrons. The van der Waals surface area contributed by atoms with E-state index < -0.39 is 13.9 Å². The lowest BCUT2D eigenvalue weighted by Gasteiger charge is -2.20. The Hall–Kier alpha value is -1.02. The summed E-state index contributed by atoms with van der Waals surface area (Å²) in [5.41, 5.74) is 5.38. The minimum atomic E-state index is -4.27. The quantitative estimate of drug-likeness (QED) is 0.0270. The molecule has 3 N–H and O–H groups in total. The van der Waals surface area contributed by atoms with Crippen molar-refractivity contribution in [1.82, 2.24) is 0 Å². The number of rotatable bonds is 46. The third-order valence-corrected chi connectivity index (χ3v) is 11.4. The number of carbonyl (C=O) groups is 1. The largest absolute Gasteiger partial charge is 0.472 e. The molecule has 0 aromatic rings. The maximum atomic E-state index is 12.6. The summed E-state index contributed by atoms with van der Waals surface area (Å²) >= 11 is 0. The summed E-state index contributed by atoms with van der Waals surface area (Å²) < 4.78 is 33.5. The summed E-state index contributed by atoms with van der Waals surface area (Å²) in [6.45, 7) is 4.95. The Bertz CT molecular complexity index is 915. The Morgan fingerprint density at radius 1 is 0.536 bits per heavy atom. The van der Waals surface area contributed by atoms with E-state index in [9.17, 15) is 14.3 Å². The number of hydrogen-bond acceptors (Lipinski definition) is 7. The van der Waals surface area contributed by atoms with Crippen molar-refractivity contribution >= 4 is 13.8 Å². The van der Waals surface area contributed by atoms with Crippen LogP contribution in [0.1, 0.15) is 232 Å². The van der Waals surface area contributed by atoms with Gasteiger partial charge in [-0.1, -0.05) is 205 Å². The number of phosphoric acid groups is 1. The highest BCUT2D eigenvalue weighted by molar-refractivity contribution is 7.47. The van der Waals surface area contributed by atoms with E-state index in [2.05, 4.69) is 38.2 Å². The van der Waals surface area contributed by atoms with E-state index in [1.165, 1.54) is 173 Å². The first-order chi connectivity index (χ1) is 27.4. The Balaban J connectivity index is 3.90. The van der Waals surface area contributed by atoms with Crippen molar-refractivity contribution < 1.29 is 32.8 Å². The van der Waals surface area contributed by atoms with Crippen LogP contribution in [0.2, 0.25) is 0 Å². The number of nitrogens with two attached hydrogens (primary N) is 1. The van der Waals surface area contributed by atoms with Gasteiger partial charge in [0, 0.05) is 19.6 Å². The number of carbonyl (C=O) groups excluding carboxylic acids is 1. The van der Waals surface area contributed by atoms with E-state index in [1.807, 2.05) is 0 Å². The fourth-order valence-electron chi connectivity index (χ4n) is 6.85. The zero-order valence-corrected chi connectivity index (χ0v) is 37.8. The molecule has 2 atom stereocenters. The third kappa shape index (κ3) is 44.1. The molecule has 0 aromatic carbocycles. The molecule has 2 unspecified atom stereocenters. The monoisotopic (exact) mass is 814 g/mol. The van der Waals surface area contributed by atoms with Crippen molar-refractivity contribution in [3.63, 3.8) is 0 Å². The molecule has 0 heterocycles. The van der Waals surface area contributed by atoms with Crippen molar-refractivity contribution in [2.45, 2.75) is 238 Å². The number of hydrogen-bond donors (Lipinski definition) is 2. The van der Waals surface area contributed by atoms with Crippen LogP contribution in [0.5, 0.6) is 0 Å². The highest BCUT2D eigenvalue weighted by atomic mass is 31.2. The highest BCUT2D eigenvalue weighted by Crippen LogP contribution is 2.43. The number of ether oxygens (including phenoxy) is 2. The topological polar surface area (TPSA) is 117 Å². The van der Waals surface area contributed by atoms with Crippen LogP contribution >= 0.6 is 7.82 Å². The van der Waals surface area contributed by atoms with E-state index in [1.54, 1.807) is 0 Å². The molecule has 0 aliphatic carbocycles. The molecule has 0 saturated carbocycles. The summed E-state index contributed by atoms with van der Waals surface area (Å²) in [5, 5.41) is 0. The Labute approximate surface area is 346 Å². The van der Waals surface area contributed by atoms with Gasteiger partial charge in [0.15, 0.2) is 0 Å². The number of esters is 1. The molecule has 0 aliphatic rings. The van der Waals surface area contributed by atoms with Gasteiger partial charge < -0.3 is 20.1 Å². The predicted octanol–water partition coefficient (Wildman–Crippen LogP) is 14.4. The normalized spacial score (nSPS) is 13.6. The van der Waals surface area contributed by atoms with Gasteiger partial charge >= 0.3 is 13.8 Å². The van der Waals surface area contributed by atoms with Crippen LogP contribution in [0, 0.1) is 0 Å². The van der Waals surface area contributed by atoms with Crippen LogP contribution in [-0.2, 0) is 27.9 Å². The first-order valence-electron chi connectivity index (χ1n) is 23.8. The molecule has 0 spiro atoms. The maximum Gasteiger partial charge on any atom is 0.472 e. The zero-order chi connectivity index (χ0) is 40.9. The minimum absolute atomic E-state index is 0.0932. The van der Waals surface area contributed by atoms with Crippen molar-refractivity contribution in [2.24, 2.45) is 5.73 Å². The number of phosphoric ester groups is 1. The average molecular weight is 814 g/mol. The first-order valence-corrected chi connectivity index (χ1v) is 25.3. The van der Waals surface area contributed by atoms with Gasteiger partial charge in [0.25, 0.3) is 0 Å². The molecule has 0 fully saturated rings. The lowest BCUT2D eigenvalue weighted by atomic mass is 10.0. The van der Waals surface area contributed by atoms with Crippen LogP contribution in [0.4, 0.5) is 0 Å². The van der Waals surface area contributed by atoms with Gasteiger partial charge in [0.2, 0.25) is 0 Å². The summed E-state index contributed by atoms with van der Waals surface area (Å²) in [6, 6.07) is 0. The Kier molecular flexibility index (Phi) is 44.3. The molecule has 0 bridgehead atoms. The lowest BCUT2D eigenvalue weighted by Crippen LogP contribution is -2.28. The molecule has 0 rings (SSSR count). The van der Waals surface area contributed by atoms with Gasteiger partial charge in [-0.25, -0.2) is 4.57 Å². The standard InChI is InChI=1S/C47H92NO7P/c1-3-5-7-9-11-13-15-17-18-19-20-21-22-23-24-25-26-27-29-31-33-35-37-39-42-52-44-46(45-54-56(50,51)53-43-41-48)55-47(49)40-38-36-34-32-30-28-16-14-12-10-8-6-4-2/h15,17,19-20,46H,3-14,16,18,21-45,48H2,1-2H3,(H,50,51)/b17-15-,20-19-. The van der Waals surface area contributed by atoms with Crippen LogP contribution < -0.4 is 5.73 Å². The fraction of sp³-hybridized carbons (Fsp3) is 0.894. The van der Waals surface area contributed by atoms with E-state index in [-0.39, 0.29) is 32.3 Å². The summed E-state index contributed by atoms with van der Waals surface area (Å²) in [7, 11) is -4.27. The Morgan fingerprint density at radius 3 is 1.39 bits per heavy atom.